The molecule has 1 aliphatic heterocycles. The predicted molar refractivity (Wildman–Crippen MR) is 120 cm³/mol. The zero-order chi connectivity index (χ0) is 21.6. The normalized spacial score (nSPS) is 13.7. The van der Waals surface area contributed by atoms with E-state index in [4.69, 9.17) is 14.5 Å². The molecule has 1 saturated heterocycles. The van der Waals surface area contributed by atoms with Crippen LogP contribution in [0.1, 0.15) is 17.3 Å². The number of nitrogens with zero attached hydrogens (tertiary/aromatic N) is 4. The fourth-order valence-corrected chi connectivity index (χ4v) is 3.65. The van der Waals surface area contributed by atoms with Crippen molar-refractivity contribution >= 4 is 11.7 Å². The van der Waals surface area contributed by atoms with Crippen LogP contribution in [-0.2, 0) is 0 Å². The van der Waals surface area contributed by atoms with Crippen LogP contribution in [0.5, 0.6) is 11.5 Å². The standard InChI is InChI=1S/C24H26N4O3/c1-3-31-21-17-19(9-10-20(21)30-2)24(29)28-15-13-27(14-16-28)22-11-12-25-23(26-22)18-7-5-4-6-8-18/h4-12,17H,3,13-16H2,1-2H3. The van der Waals surface area contributed by atoms with Crippen LogP contribution in [0, 0.1) is 0 Å². The van der Waals surface area contributed by atoms with Gasteiger partial charge in [0.25, 0.3) is 5.91 Å². The first-order valence-corrected chi connectivity index (χ1v) is 10.4. The van der Waals surface area contributed by atoms with Crippen molar-refractivity contribution in [2.75, 3.05) is 44.8 Å². The van der Waals surface area contributed by atoms with E-state index in [-0.39, 0.29) is 5.91 Å². The second-order valence-corrected chi connectivity index (χ2v) is 7.18. The summed E-state index contributed by atoms with van der Waals surface area (Å²) in [6.07, 6.45) is 1.79. The molecule has 7 heteroatoms. The van der Waals surface area contributed by atoms with E-state index >= 15 is 0 Å². The molecule has 4 rings (SSSR count). The van der Waals surface area contributed by atoms with Crippen molar-refractivity contribution in [2.24, 2.45) is 0 Å². The van der Waals surface area contributed by atoms with E-state index in [1.54, 1.807) is 31.5 Å². The van der Waals surface area contributed by atoms with Crippen LogP contribution in [0.25, 0.3) is 11.4 Å². The van der Waals surface area contributed by atoms with E-state index < -0.39 is 0 Å². The zero-order valence-electron chi connectivity index (χ0n) is 17.8. The number of rotatable bonds is 6. The minimum atomic E-state index is -0.00378. The molecule has 2 heterocycles. The van der Waals surface area contributed by atoms with E-state index in [2.05, 4.69) is 9.88 Å². The third kappa shape index (κ3) is 4.60. The van der Waals surface area contributed by atoms with Gasteiger partial charge in [0, 0.05) is 43.5 Å². The van der Waals surface area contributed by atoms with Gasteiger partial charge in [-0.1, -0.05) is 30.3 Å². The van der Waals surface area contributed by atoms with Gasteiger partial charge in [-0.2, -0.15) is 0 Å². The van der Waals surface area contributed by atoms with Crippen molar-refractivity contribution in [3.8, 4) is 22.9 Å². The average molecular weight is 418 g/mol. The number of carbonyl (C=O) groups excluding carboxylic acids is 1. The van der Waals surface area contributed by atoms with Crippen LogP contribution in [0.3, 0.4) is 0 Å². The first kappa shape index (κ1) is 20.7. The molecule has 0 unspecified atom stereocenters. The highest BCUT2D eigenvalue weighted by Gasteiger charge is 2.24. The van der Waals surface area contributed by atoms with Gasteiger partial charge in [0.15, 0.2) is 17.3 Å². The number of ether oxygens (including phenoxy) is 2. The highest BCUT2D eigenvalue weighted by Crippen LogP contribution is 2.29. The molecule has 3 aromatic rings. The maximum atomic E-state index is 13.0. The van der Waals surface area contributed by atoms with Crippen LogP contribution >= 0.6 is 0 Å². The van der Waals surface area contributed by atoms with Gasteiger partial charge in [-0.15, -0.1) is 0 Å². The van der Waals surface area contributed by atoms with Gasteiger partial charge in [-0.3, -0.25) is 4.79 Å². The molecule has 0 spiro atoms. The molecule has 1 amide bonds. The van der Waals surface area contributed by atoms with Crippen molar-refractivity contribution in [1.29, 1.82) is 0 Å². The first-order valence-electron chi connectivity index (χ1n) is 10.4. The topological polar surface area (TPSA) is 67.8 Å². The molecule has 1 aromatic heterocycles. The minimum Gasteiger partial charge on any atom is -0.493 e. The smallest absolute Gasteiger partial charge is 0.254 e. The van der Waals surface area contributed by atoms with Gasteiger partial charge in [0.1, 0.15) is 5.82 Å². The Morgan fingerprint density at radius 2 is 1.77 bits per heavy atom. The van der Waals surface area contributed by atoms with E-state index in [9.17, 15) is 4.79 Å². The third-order valence-electron chi connectivity index (χ3n) is 5.27. The molecule has 0 saturated carbocycles. The molecular weight excluding hydrogens is 392 g/mol. The number of piperazine rings is 1. The summed E-state index contributed by atoms with van der Waals surface area (Å²) in [7, 11) is 1.59. The van der Waals surface area contributed by atoms with Crippen LogP contribution in [0.4, 0.5) is 5.82 Å². The molecule has 1 aliphatic rings. The Bertz CT molecular complexity index is 1030. The molecule has 0 bridgehead atoms. The van der Waals surface area contributed by atoms with Gasteiger partial charge in [0.2, 0.25) is 0 Å². The molecule has 0 aliphatic carbocycles. The SMILES string of the molecule is CCOc1cc(C(=O)N2CCN(c3ccnc(-c4ccccc4)n3)CC2)ccc1OC. The van der Waals surface area contributed by atoms with Gasteiger partial charge >= 0.3 is 0 Å². The molecular formula is C24H26N4O3. The lowest BCUT2D eigenvalue weighted by Crippen LogP contribution is -2.49. The lowest BCUT2D eigenvalue weighted by Gasteiger charge is -2.35. The van der Waals surface area contributed by atoms with Crippen LogP contribution in [0.2, 0.25) is 0 Å². The molecule has 0 N–H and O–H groups in total. The van der Waals surface area contributed by atoms with E-state index in [1.165, 1.54) is 0 Å². The Kier molecular flexibility index (Phi) is 6.31. The molecule has 160 valence electrons. The van der Waals surface area contributed by atoms with E-state index in [1.807, 2.05) is 48.2 Å². The lowest BCUT2D eigenvalue weighted by atomic mass is 10.1. The van der Waals surface area contributed by atoms with Gasteiger partial charge < -0.3 is 19.3 Å². The summed E-state index contributed by atoms with van der Waals surface area (Å²) in [5.41, 5.74) is 1.59. The number of anilines is 1. The number of benzene rings is 2. The summed E-state index contributed by atoms with van der Waals surface area (Å²) < 4.78 is 10.9. The fraction of sp³-hybridized carbons (Fsp3) is 0.292. The summed E-state index contributed by atoms with van der Waals surface area (Å²) in [5.74, 6) is 2.79. The van der Waals surface area contributed by atoms with E-state index in [0.717, 1.165) is 11.4 Å². The minimum absolute atomic E-state index is 0.00378. The molecule has 7 nitrogen and oxygen atoms in total. The Morgan fingerprint density at radius 1 is 1.00 bits per heavy atom. The molecule has 2 aromatic carbocycles. The third-order valence-corrected chi connectivity index (χ3v) is 5.27. The monoisotopic (exact) mass is 418 g/mol. The van der Waals surface area contributed by atoms with Crippen molar-refractivity contribution < 1.29 is 14.3 Å². The van der Waals surface area contributed by atoms with Gasteiger partial charge in [-0.25, -0.2) is 9.97 Å². The molecule has 0 radical (unpaired) electrons. The fourth-order valence-electron chi connectivity index (χ4n) is 3.65. The predicted octanol–water partition coefficient (Wildman–Crippen LogP) is 3.51. The number of hydrogen-bond acceptors (Lipinski definition) is 6. The van der Waals surface area contributed by atoms with Crippen molar-refractivity contribution in [2.45, 2.75) is 6.92 Å². The largest absolute Gasteiger partial charge is 0.493 e. The van der Waals surface area contributed by atoms with Crippen molar-refractivity contribution in [1.82, 2.24) is 14.9 Å². The number of carbonyl (C=O) groups is 1. The average Bonchev–Trinajstić information content (AvgIpc) is 2.84. The maximum absolute atomic E-state index is 13.0. The number of amides is 1. The second kappa shape index (κ2) is 9.47. The van der Waals surface area contributed by atoms with Crippen molar-refractivity contribution in [3.05, 3.63) is 66.4 Å². The summed E-state index contributed by atoms with van der Waals surface area (Å²) >= 11 is 0. The second-order valence-electron chi connectivity index (χ2n) is 7.18. The Labute approximate surface area is 182 Å². The molecule has 1 fully saturated rings. The molecule has 0 atom stereocenters. The summed E-state index contributed by atoms with van der Waals surface area (Å²) in [6.45, 7) is 5.09. The number of aromatic nitrogens is 2. The van der Waals surface area contributed by atoms with E-state index in [0.29, 0.717) is 55.7 Å². The number of hydrogen-bond donors (Lipinski definition) is 0. The van der Waals surface area contributed by atoms with Crippen LogP contribution in [0.15, 0.2) is 60.8 Å². The molecule has 31 heavy (non-hydrogen) atoms. The quantitative estimate of drug-likeness (QED) is 0.610. The zero-order valence-corrected chi connectivity index (χ0v) is 17.8. The Morgan fingerprint density at radius 3 is 2.48 bits per heavy atom. The van der Waals surface area contributed by atoms with Crippen molar-refractivity contribution in [3.63, 3.8) is 0 Å². The van der Waals surface area contributed by atoms with Gasteiger partial charge in [0.05, 0.1) is 13.7 Å². The Hall–Kier alpha value is -3.61. The highest BCUT2D eigenvalue weighted by molar-refractivity contribution is 5.95. The summed E-state index contributed by atoms with van der Waals surface area (Å²) in [4.78, 5) is 26.2. The van der Waals surface area contributed by atoms with Gasteiger partial charge in [-0.05, 0) is 31.2 Å². The Balaban J connectivity index is 1.43. The summed E-state index contributed by atoms with van der Waals surface area (Å²) in [5, 5.41) is 0. The number of methoxy groups -OCH3 is 1. The lowest BCUT2D eigenvalue weighted by molar-refractivity contribution is 0.0746. The van der Waals surface area contributed by atoms with Crippen LogP contribution in [-0.4, -0.2) is 60.7 Å². The maximum Gasteiger partial charge on any atom is 0.254 e. The first-order chi connectivity index (χ1) is 15.2. The van der Waals surface area contributed by atoms with Crippen LogP contribution < -0.4 is 14.4 Å². The summed E-state index contributed by atoms with van der Waals surface area (Å²) in [6, 6.07) is 17.2. The highest BCUT2D eigenvalue weighted by atomic mass is 16.5.